The number of piperidine rings is 1. The number of hydrogen-bond acceptors (Lipinski definition) is 10. The van der Waals surface area contributed by atoms with Crippen molar-refractivity contribution in [2.75, 3.05) is 73.6 Å². The van der Waals surface area contributed by atoms with Gasteiger partial charge in [-0.05, 0) is 68.4 Å². The maximum Gasteiger partial charge on any atom is 0.247 e. The lowest BCUT2D eigenvalue weighted by molar-refractivity contribution is -0.111. The van der Waals surface area contributed by atoms with Crippen LogP contribution in [0.4, 0.5) is 33.1 Å². The number of piperazine rings is 1. The van der Waals surface area contributed by atoms with Gasteiger partial charge in [0.2, 0.25) is 5.91 Å². The zero-order chi connectivity index (χ0) is 33.0. The Kier molecular flexibility index (Phi) is 9.73. The Labute approximate surface area is 281 Å². The van der Waals surface area contributed by atoms with E-state index in [1.54, 1.807) is 24.3 Å². The van der Waals surface area contributed by atoms with E-state index in [0.717, 1.165) is 62.7 Å². The Morgan fingerprint density at radius 1 is 0.979 bits per heavy atom. The second kappa shape index (κ2) is 14.5. The van der Waals surface area contributed by atoms with Crippen molar-refractivity contribution in [1.82, 2.24) is 19.8 Å². The molecule has 3 aromatic rings. The third-order valence-electron chi connectivity index (χ3n) is 10.0. The smallest absolute Gasteiger partial charge is 0.247 e. The SMILES string of the molecule is C=CC(=O)Nc1cc(Nc2cc(N3OCC[C@@H]3Cc3cccc(F)c3)ncn2)c(OC)cc1N1CCC(N2CCN(C3CC3)CC2)CC1. The van der Waals surface area contributed by atoms with Crippen molar-refractivity contribution >= 4 is 34.6 Å². The van der Waals surface area contributed by atoms with Crippen LogP contribution in [-0.2, 0) is 16.1 Å². The van der Waals surface area contributed by atoms with Gasteiger partial charge in [-0.2, -0.15) is 0 Å². The van der Waals surface area contributed by atoms with Gasteiger partial charge in [0.15, 0.2) is 5.82 Å². The number of hydroxylamine groups is 1. The first-order valence-electron chi connectivity index (χ1n) is 17.1. The van der Waals surface area contributed by atoms with Crippen molar-refractivity contribution in [3.05, 3.63) is 72.8 Å². The predicted octanol–water partition coefficient (Wildman–Crippen LogP) is 4.99. The Morgan fingerprint density at radius 2 is 1.73 bits per heavy atom. The molecule has 254 valence electrons. The van der Waals surface area contributed by atoms with Crippen LogP contribution in [0.25, 0.3) is 0 Å². The lowest BCUT2D eigenvalue weighted by atomic mass is 10.0. The Bertz CT molecular complexity index is 1600. The van der Waals surface area contributed by atoms with E-state index in [4.69, 9.17) is 9.57 Å². The van der Waals surface area contributed by atoms with Crippen molar-refractivity contribution in [2.45, 2.75) is 56.7 Å². The fraction of sp³-hybridized carbons (Fsp3) is 0.472. The molecule has 2 aromatic carbocycles. The quantitative estimate of drug-likeness (QED) is 0.275. The summed E-state index contributed by atoms with van der Waals surface area (Å²) in [6.45, 7) is 10.7. The van der Waals surface area contributed by atoms with Gasteiger partial charge < -0.3 is 20.3 Å². The van der Waals surface area contributed by atoms with Crippen LogP contribution in [0.1, 0.15) is 37.7 Å². The minimum atomic E-state index is -0.282. The molecule has 1 amide bonds. The van der Waals surface area contributed by atoms with Gasteiger partial charge in [-0.1, -0.05) is 18.7 Å². The highest BCUT2D eigenvalue weighted by Gasteiger charge is 2.34. The van der Waals surface area contributed by atoms with Crippen molar-refractivity contribution in [3.63, 3.8) is 0 Å². The molecule has 0 spiro atoms. The Morgan fingerprint density at radius 3 is 2.42 bits per heavy atom. The van der Waals surface area contributed by atoms with Crippen LogP contribution >= 0.6 is 0 Å². The number of methoxy groups -OCH3 is 1. The van der Waals surface area contributed by atoms with Crippen molar-refractivity contribution in [3.8, 4) is 5.75 Å². The van der Waals surface area contributed by atoms with Crippen LogP contribution in [0.15, 0.2) is 61.4 Å². The number of hydrogen-bond donors (Lipinski definition) is 2. The van der Waals surface area contributed by atoms with Gasteiger partial charge in [0.1, 0.15) is 23.7 Å². The number of ether oxygens (including phenoxy) is 1. The maximum absolute atomic E-state index is 13.8. The number of rotatable bonds is 11. The molecule has 7 rings (SSSR count). The molecule has 1 atom stereocenters. The van der Waals surface area contributed by atoms with Gasteiger partial charge in [0.05, 0.1) is 36.8 Å². The van der Waals surface area contributed by atoms with E-state index in [0.29, 0.717) is 47.8 Å². The Hall–Kier alpha value is -4.26. The van der Waals surface area contributed by atoms with Gasteiger partial charge in [0, 0.05) is 63.5 Å². The average Bonchev–Trinajstić information content (AvgIpc) is 3.87. The lowest BCUT2D eigenvalue weighted by Crippen LogP contribution is -2.53. The first-order valence-corrected chi connectivity index (χ1v) is 17.1. The lowest BCUT2D eigenvalue weighted by Gasteiger charge is -2.43. The number of anilines is 5. The van der Waals surface area contributed by atoms with Crippen LogP contribution in [0, 0.1) is 5.82 Å². The maximum atomic E-state index is 13.8. The molecule has 4 aliphatic rings. The third kappa shape index (κ3) is 7.40. The summed E-state index contributed by atoms with van der Waals surface area (Å²) in [6, 6.07) is 13.8. The fourth-order valence-corrected chi connectivity index (χ4v) is 7.32. The molecule has 3 aliphatic heterocycles. The highest BCUT2D eigenvalue weighted by atomic mass is 19.1. The van der Waals surface area contributed by atoms with Crippen LogP contribution in [0.2, 0.25) is 0 Å². The topological polar surface area (TPSA) is 98.3 Å². The van der Waals surface area contributed by atoms with E-state index in [1.807, 2.05) is 24.3 Å². The molecule has 1 aliphatic carbocycles. The minimum Gasteiger partial charge on any atom is -0.494 e. The van der Waals surface area contributed by atoms with Gasteiger partial charge in [-0.3, -0.25) is 19.4 Å². The minimum absolute atomic E-state index is 0.000532. The van der Waals surface area contributed by atoms with Crippen molar-refractivity contribution in [2.24, 2.45) is 0 Å². The highest BCUT2D eigenvalue weighted by Crippen LogP contribution is 2.40. The molecule has 1 aromatic heterocycles. The Balaban J connectivity index is 1.06. The largest absolute Gasteiger partial charge is 0.494 e. The third-order valence-corrected chi connectivity index (χ3v) is 10.0. The number of nitrogens with zero attached hydrogens (tertiary/aromatic N) is 6. The summed E-state index contributed by atoms with van der Waals surface area (Å²) < 4.78 is 19.7. The van der Waals surface area contributed by atoms with Gasteiger partial charge in [0.25, 0.3) is 0 Å². The summed E-state index contributed by atoms with van der Waals surface area (Å²) in [5, 5.41) is 8.18. The van der Waals surface area contributed by atoms with E-state index < -0.39 is 0 Å². The van der Waals surface area contributed by atoms with E-state index in [9.17, 15) is 9.18 Å². The van der Waals surface area contributed by atoms with Crippen molar-refractivity contribution in [1.29, 1.82) is 0 Å². The van der Waals surface area contributed by atoms with E-state index in [2.05, 4.69) is 41.9 Å². The van der Waals surface area contributed by atoms with Gasteiger partial charge in [-0.15, -0.1) is 0 Å². The monoisotopic (exact) mass is 656 g/mol. The zero-order valence-corrected chi connectivity index (χ0v) is 27.6. The number of carbonyl (C=O) groups excluding carboxylic acids is 1. The molecule has 48 heavy (non-hydrogen) atoms. The van der Waals surface area contributed by atoms with Crippen LogP contribution in [0.3, 0.4) is 0 Å². The van der Waals surface area contributed by atoms with Crippen molar-refractivity contribution < 1.29 is 18.8 Å². The first kappa shape index (κ1) is 32.3. The number of carbonyl (C=O) groups is 1. The van der Waals surface area contributed by atoms with Crippen LogP contribution in [0.5, 0.6) is 5.75 Å². The molecule has 0 unspecified atom stereocenters. The summed E-state index contributed by atoms with van der Waals surface area (Å²) in [5.74, 6) is 1.22. The van der Waals surface area contributed by atoms with E-state index >= 15 is 0 Å². The number of halogens is 1. The molecule has 4 fully saturated rings. The highest BCUT2D eigenvalue weighted by molar-refractivity contribution is 6.02. The van der Waals surface area contributed by atoms with E-state index in [1.165, 1.54) is 44.4 Å². The first-order chi connectivity index (χ1) is 23.5. The number of nitrogens with one attached hydrogen (secondary N) is 2. The summed E-state index contributed by atoms with van der Waals surface area (Å²) >= 11 is 0. The molecule has 1 saturated carbocycles. The van der Waals surface area contributed by atoms with E-state index in [-0.39, 0.29) is 17.8 Å². The molecular weight excluding hydrogens is 611 g/mol. The summed E-state index contributed by atoms with van der Waals surface area (Å²) in [4.78, 5) is 35.2. The molecule has 0 radical (unpaired) electrons. The predicted molar refractivity (Wildman–Crippen MR) is 185 cm³/mol. The summed E-state index contributed by atoms with van der Waals surface area (Å²) in [5.41, 5.74) is 3.13. The molecule has 2 N–H and O–H groups in total. The second-order valence-corrected chi connectivity index (χ2v) is 13.1. The molecule has 11 nitrogen and oxygen atoms in total. The summed E-state index contributed by atoms with van der Waals surface area (Å²) in [7, 11) is 1.64. The molecular formula is C36H45FN8O3. The number of amides is 1. The second-order valence-electron chi connectivity index (χ2n) is 13.1. The number of benzene rings is 2. The average molecular weight is 657 g/mol. The molecule has 4 heterocycles. The van der Waals surface area contributed by atoms with Crippen LogP contribution < -0.4 is 25.3 Å². The molecule has 12 heteroatoms. The molecule has 3 saturated heterocycles. The van der Waals surface area contributed by atoms with Crippen LogP contribution in [-0.4, -0.2) is 96.8 Å². The fourth-order valence-electron chi connectivity index (χ4n) is 7.32. The summed E-state index contributed by atoms with van der Waals surface area (Å²) in [6.07, 6.45) is 9.06. The number of aromatic nitrogens is 2. The molecule has 0 bridgehead atoms. The van der Waals surface area contributed by atoms with Gasteiger partial charge in [-0.25, -0.2) is 19.4 Å². The zero-order valence-electron chi connectivity index (χ0n) is 27.6. The normalized spacial score (nSPS) is 20.9. The standard InChI is InChI=1S/C36H45FN8O3/c1-3-36(46)41-30-21-31(40-34-23-35(39-24-38-34)45-29(11-18-48-45)20-25-5-4-6-26(37)19-25)33(47-2)22-32(30)44-12-9-28(10-13-44)43-16-14-42(15-17-43)27-7-8-27/h3-6,19,21-24,27-29H,1,7-18,20H2,2H3,(H,41,46)(H,38,39,40)/t29-/m1/s1. The van der Waals surface area contributed by atoms with Gasteiger partial charge >= 0.3 is 0 Å².